The number of benzene rings is 2. The highest BCUT2D eigenvalue weighted by molar-refractivity contribution is 6.31. The van der Waals surface area contributed by atoms with Gasteiger partial charge in [0, 0.05) is 17.6 Å². The fraction of sp³-hybridized carbons (Fsp3) is 0.235. The number of carbonyl (C=O) groups is 1. The van der Waals surface area contributed by atoms with Crippen molar-refractivity contribution in [1.82, 2.24) is 10.2 Å². The molecule has 0 saturated carbocycles. The summed E-state index contributed by atoms with van der Waals surface area (Å²) >= 11 is 5.75. The molecule has 0 heterocycles. The maximum Gasteiger partial charge on any atom is 0.283 e. The second-order valence-electron chi connectivity index (χ2n) is 5.66. The number of nitrogens with one attached hydrogen (secondary N) is 1. The molecular weight excluding hydrogens is 349 g/mol. The fourth-order valence-corrected chi connectivity index (χ4v) is 2.61. The molecular formula is C17H17ClFN3O3. The summed E-state index contributed by atoms with van der Waals surface area (Å²) in [5.41, 5.74) is 0.249. The van der Waals surface area contributed by atoms with Crippen molar-refractivity contribution < 1.29 is 14.1 Å². The maximum atomic E-state index is 13.4. The molecule has 25 heavy (non-hydrogen) atoms. The summed E-state index contributed by atoms with van der Waals surface area (Å²) in [6.07, 6.45) is 0. The fourth-order valence-electron chi connectivity index (χ4n) is 2.44. The van der Waals surface area contributed by atoms with Crippen LogP contribution in [-0.2, 0) is 0 Å². The molecule has 0 unspecified atom stereocenters. The Morgan fingerprint density at radius 3 is 2.64 bits per heavy atom. The van der Waals surface area contributed by atoms with Gasteiger partial charge in [-0.25, -0.2) is 4.39 Å². The SMILES string of the molecule is CN(C)[C@H](CNC(=O)c1ccc(Cl)cc1[N+](=O)[O-])c1cccc(F)c1. The Kier molecular flexibility index (Phi) is 6.06. The summed E-state index contributed by atoms with van der Waals surface area (Å²) in [6, 6.07) is 9.64. The number of carbonyl (C=O) groups excluding carboxylic acids is 1. The second-order valence-corrected chi connectivity index (χ2v) is 6.10. The van der Waals surface area contributed by atoms with Crippen LogP contribution in [0.4, 0.5) is 10.1 Å². The first-order chi connectivity index (χ1) is 11.8. The molecule has 1 amide bonds. The number of nitrogens with zero attached hydrogens (tertiary/aromatic N) is 2. The van der Waals surface area contributed by atoms with Crippen molar-refractivity contribution in [3.8, 4) is 0 Å². The van der Waals surface area contributed by atoms with E-state index in [2.05, 4.69) is 5.32 Å². The van der Waals surface area contributed by atoms with E-state index in [1.807, 2.05) is 4.90 Å². The van der Waals surface area contributed by atoms with Crippen molar-refractivity contribution in [2.45, 2.75) is 6.04 Å². The lowest BCUT2D eigenvalue weighted by atomic mass is 10.1. The summed E-state index contributed by atoms with van der Waals surface area (Å²) in [4.78, 5) is 24.6. The van der Waals surface area contributed by atoms with Crippen LogP contribution in [0.2, 0.25) is 5.02 Å². The molecule has 1 N–H and O–H groups in total. The average Bonchev–Trinajstić information content (AvgIpc) is 2.54. The predicted octanol–water partition coefficient (Wildman–Crippen LogP) is 3.42. The Labute approximate surface area is 149 Å². The molecule has 0 aliphatic rings. The predicted molar refractivity (Wildman–Crippen MR) is 93.3 cm³/mol. The van der Waals surface area contributed by atoms with Crippen LogP contribution in [-0.4, -0.2) is 36.4 Å². The minimum Gasteiger partial charge on any atom is -0.350 e. The van der Waals surface area contributed by atoms with E-state index in [1.165, 1.54) is 24.3 Å². The number of hydrogen-bond acceptors (Lipinski definition) is 4. The summed E-state index contributed by atoms with van der Waals surface area (Å²) in [5.74, 6) is -0.962. The zero-order chi connectivity index (χ0) is 18.6. The number of hydrogen-bond donors (Lipinski definition) is 1. The molecule has 0 aliphatic carbocycles. The first kappa shape index (κ1) is 18.8. The summed E-state index contributed by atoms with van der Waals surface area (Å²) in [7, 11) is 3.60. The van der Waals surface area contributed by atoms with Gasteiger partial charge >= 0.3 is 0 Å². The van der Waals surface area contributed by atoms with E-state index >= 15 is 0 Å². The van der Waals surface area contributed by atoms with Gasteiger partial charge in [0.05, 0.1) is 11.0 Å². The van der Waals surface area contributed by atoms with Gasteiger partial charge in [-0.15, -0.1) is 0 Å². The maximum absolute atomic E-state index is 13.4. The van der Waals surface area contributed by atoms with E-state index in [0.717, 1.165) is 6.07 Å². The van der Waals surface area contributed by atoms with Gasteiger partial charge in [0.15, 0.2) is 0 Å². The van der Waals surface area contributed by atoms with Crippen molar-refractivity contribution in [3.05, 3.63) is 74.5 Å². The summed E-state index contributed by atoms with van der Waals surface area (Å²) < 4.78 is 13.4. The molecule has 6 nitrogen and oxygen atoms in total. The van der Waals surface area contributed by atoms with Crippen LogP contribution in [0.25, 0.3) is 0 Å². The monoisotopic (exact) mass is 365 g/mol. The van der Waals surface area contributed by atoms with Crippen LogP contribution >= 0.6 is 11.6 Å². The average molecular weight is 366 g/mol. The normalized spacial score (nSPS) is 12.0. The minimum absolute atomic E-state index is 0.0776. The molecule has 0 aliphatic heterocycles. The molecule has 0 fully saturated rings. The van der Waals surface area contributed by atoms with Crippen molar-refractivity contribution in [1.29, 1.82) is 0 Å². The lowest BCUT2D eigenvalue weighted by molar-refractivity contribution is -0.385. The highest BCUT2D eigenvalue weighted by atomic mass is 35.5. The summed E-state index contributed by atoms with van der Waals surface area (Å²) in [5, 5.41) is 13.9. The summed E-state index contributed by atoms with van der Waals surface area (Å²) in [6.45, 7) is 0.162. The number of nitro groups is 1. The van der Waals surface area contributed by atoms with Crippen LogP contribution in [0, 0.1) is 15.9 Å². The lowest BCUT2D eigenvalue weighted by Gasteiger charge is -2.25. The van der Waals surface area contributed by atoms with Gasteiger partial charge in [-0.3, -0.25) is 14.9 Å². The molecule has 0 aromatic heterocycles. The van der Waals surface area contributed by atoms with E-state index in [-0.39, 0.29) is 34.7 Å². The van der Waals surface area contributed by atoms with Gasteiger partial charge in [0.25, 0.3) is 11.6 Å². The van der Waals surface area contributed by atoms with Gasteiger partial charge in [0.2, 0.25) is 0 Å². The van der Waals surface area contributed by atoms with E-state index < -0.39 is 10.8 Å². The van der Waals surface area contributed by atoms with Crippen molar-refractivity contribution in [3.63, 3.8) is 0 Å². The van der Waals surface area contributed by atoms with Crippen LogP contribution in [0.5, 0.6) is 0 Å². The van der Waals surface area contributed by atoms with Gasteiger partial charge in [0.1, 0.15) is 11.4 Å². The Morgan fingerprint density at radius 2 is 2.04 bits per heavy atom. The highest BCUT2D eigenvalue weighted by Gasteiger charge is 2.22. The quantitative estimate of drug-likeness (QED) is 0.628. The van der Waals surface area contributed by atoms with E-state index in [4.69, 9.17) is 11.6 Å². The molecule has 1 atom stereocenters. The van der Waals surface area contributed by atoms with Crippen LogP contribution in [0.1, 0.15) is 22.0 Å². The van der Waals surface area contributed by atoms with Gasteiger partial charge in [-0.1, -0.05) is 23.7 Å². The topological polar surface area (TPSA) is 75.5 Å². The number of halogens is 2. The zero-order valence-electron chi connectivity index (χ0n) is 13.7. The Hall–Kier alpha value is -2.51. The number of amides is 1. The highest BCUT2D eigenvalue weighted by Crippen LogP contribution is 2.24. The van der Waals surface area contributed by atoms with E-state index in [0.29, 0.717) is 5.56 Å². The molecule has 0 saturated heterocycles. The number of likely N-dealkylation sites (N-methyl/N-ethyl adjacent to an activating group) is 1. The van der Waals surface area contributed by atoms with Gasteiger partial charge in [-0.05, 0) is 43.9 Å². The lowest BCUT2D eigenvalue weighted by Crippen LogP contribution is -2.34. The largest absolute Gasteiger partial charge is 0.350 e. The molecule has 2 aromatic rings. The van der Waals surface area contributed by atoms with Crippen LogP contribution in [0.3, 0.4) is 0 Å². The second kappa shape index (κ2) is 8.04. The van der Waals surface area contributed by atoms with Crippen LogP contribution in [0.15, 0.2) is 42.5 Å². The standard InChI is InChI=1S/C17H17ClFN3O3/c1-21(2)16(11-4-3-5-13(19)8-11)10-20-17(23)14-7-6-12(18)9-15(14)22(24)25/h3-9,16H,10H2,1-2H3,(H,20,23)/t16-/m1/s1. The van der Waals surface area contributed by atoms with Crippen molar-refractivity contribution >= 4 is 23.2 Å². The number of nitro benzene ring substituents is 1. The third-order valence-electron chi connectivity index (χ3n) is 3.71. The van der Waals surface area contributed by atoms with E-state index in [9.17, 15) is 19.3 Å². The third kappa shape index (κ3) is 4.74. The minimum atomic E-state index is -0.656. The molecule has 2 aromatic carbocycles. The molecule has 0 bridgehead atoms. The Balaban J connectivity index is 2.19. The molecule has 0 spiro atoms. The van der Waals surface area contributed by atoms with Gasteiger partial charge in [-0.2, -0.15) is 0 Å². The van der Waals surface area contributed by atoms with E-state index in [1.54, 1.807) is 26.2 Å². The first-order valence-corrected chi connectivity index (χ1v) is 7.81. The van der Waals surface area contributed by atoms with Crippen molar-refractivity contribution in [2.75, 3.05) is 20.6 Å². The first-order valence-electron chi connectivity index (χ1n) is 7.43. The molecule has 8 heteroatoms. The molecule has 2 rings (SSSR count). The zero-order valence-corrected chi connectivity index (χ0v) is 14.5. The Morgan fingerprint density at radius 1 is 1.32 bits per heavy atom. The number of rotatable bonds is 6. The van der Waals surface area contributed by atoms with Crippen molar-refractivity contribution in [2.24, 2.45) is 0 Å². The third-order valence-corrected chi connectivity index (χ3v) is 3.95. The van der Waals surface area contributed by atoms with Crippen LogP contribution < -0.4 is 5.32 Å². The Bertz CT molecular complexity index is 798. The van der Waals surface area contributed by atoms with Gasteiger partial charge < -0.3 is 10.2 Å². The molecule has 132 valence electrons. The molecule has 0 radical (unpaired) electrons. The smallest absolute Gasteiger partial charge is 0.283 e.